The van der Waals surface area contributed by atoms with Crippen LogP contribution >= 0.6 is 27.5 Å². The second-order valence-corrected chi connectivity index (χ2v) is 6.50. The van der Waals surface area contributed by atoms with Crippen LogP contribution in [0.25, 0.3) is 11.3 Å². The molecule has 1 aromatic carbocycles. The van der Waals surface area contributed by atoms with Crippen molar-refractivity contribution in [2.45, 2.75) is 19.3 Å². The Balaban J connectivity index is 1.98. The van der Waals surface area contributed by atoms with Gasteiger partial charge in [-0.15, -0.1) is 0 Å². The molecule has 0 bridgehead atoms. The molecule has 0 spiro atoms. The maximum Gasteiger partial charge on any atom is 0.124 e. The van der Waals surface area contributed by atoms with Crippen molar-refractivity contribution < 1.29 is 0 Å². The van der Waals surface area contributed by atoms with Gasteiger partial charge < -0.3 is 9.88 Å². The summed E-state index contributed by atoms with van der Waals surface area (Å²) >= 11 is 9.48. The van der Waals surface area contributed by atoms with Crippen molar-refractivity contribution in [1.29, 1.82) is 5.26 Å². The second-order valence-electron chi connectivity index (χ2n) is 5.23. The highest BCUT2D eigenvalue weighted by atomic mass is 79.9. The first-order valence-electron chi connectivity index (χ1n) is 7.02. The molecule has 1 aromatic heterocycles. The van der Waals surface area contributed by atoms with Gasteiger partial charge in [-0.2, -0.15) is 5.26 Å². The van der Waals surface area contributed by atoms with Crippen molar-refractivity contribution in [2.75, 3.05) is 18.0 Å². The minimum atomic E-state index is 0.682. The van der Waals surface area contributed by atoms with Crippen LogP contribution in [0.1, 0.15) is 24.8 Å². The van der Waals surface area contributed by atoms with Gasteiger partial charge in [-0.3, -0.25) is 0 Å². The quantitative estimate of drug-likeness (QED) is 0.818. The Morgan fingerprint density at radius 3 is 2.62 bits per heavy atom. The lowest BCUT2D eigenvalue weighted by Gasteiger charge is -2.27. The highest BCUT2D eigenvalue weighted by Crippen LogP contribution is 2.32. The number of nitrogens with one attached hydrogen (secondary N) is 1. The van der Waals surface area contributed by atoms with E-state index in [2.05, 4.69) is 31.9 Å². The SMILES string of the molecule is N#Cc1cc(-c2ccc(Cl)c(Br)c2)[nH]c1N1CCCCC1. The molecule has 3 nitrogen and oxygen atoms in total. The highest BCUT2D eigenvalue weighted by molar-refractivity contribution is 9.10. The number of aromatic amines is 1. The molecule has 1 aliphatic rings. The van der Waals surface area contributed by atoms with Crippen molar-refractivity contribution in [3.05, 3.63) is 39.3 Å². The average molecular weight is 365 g/mol. The molecule has 2 aromatic rings. The van der Waals surface area contributed by atoms with Crippen molar-refractivity contribution in [3.63, 3.8) is 0 Å². The van der Waals surface area contributed by atoms with Crippen LogP contribution in [0.4, 0.5) is 5.82 Å². The largest absolute Gasteiger partial charge is 0.357 e. The molecule has 0 atom stereocenters. The van der Waals surface area contributed by atoms with Crippen LogP contribution in [0.2, 0.25) is 5.02 Å². The first-order valence-corrected chi connectivity index (χ1v) is 8.19. The molecule has 3 rings (SSSR count). The molecule has 21 heavy (non-hydrogen) atoms. The van der Waals surface area contributed by atoms with Crippen molar-refractivity contribution in [1.82, 2.24) is 4.98 Å². The molecule has 108 valence electrons. The zero-order chi connectivity index (χ0) is 14.8. The maximum atomic E-state index is 9.38. The van der Waals surface area contributed by atoms with E-state index in [0.29, 0.717) is 10.6 Å². The molecule has 5 heteroatoms. The van der Waals surface area contributed by atoms with E-state index in [0.717, 1.165) is 34.6 Å². The van der Waals surface area contributed by atoms with Crippen LogP contribution in [0.3, 0.4) is 0 Å². The Bertz CT molecular complexity index is 696. The summed E-state index contributed by atoms with van der Waals surface area (Å²) in [7, 11) is 0. The van der Waals surface area contributed by atoms with Crippen LogP contribution in [-0.4, -0.2) is 18.1 Å². The number of anilines is 1. The van der Waals surface area contributed by atoms with Crippen LogP contribution in [0.15, 0.2) is 28.7 Å². The second kappa shape index (κ2) is 6.13. The summed E-state index contributed by atoms with van der Waals surface area (Å²) in [6.07, 6.45) is 3.65. The van der Waals surface area contributed by atoms with E-state index in [9.17, 15) is 5.26 Å². The fraction of sp³-hybridized carbons (Fsp3) is 0.312. The molecule has 0 amide bonds. The first kappa shape index (κ1) is 14.5. The minimum absolute atomic E-state index is 0.682. The topological polar surface area (TPSA) is 42.8 Å². The number of nitrogens with zero attached hydrogens (tertiary/aromatic N) is 2. The van der Waals surface area contributed by atoms with Crippen LogP contribution < -0.4 is 4.90 Å². The molecule has 1 saturated heterocycles. The minimum Gasteiger partial charge on any atom is -0.357 e. The molecule has 1 N–H and O–H groups in total. The van der Waals surface area contributed by atoms with Gasteiger partial charge in [0, 0.05) is 23.3 Å². The Morgan fingerprint density at radius 2 is 1.95 bits per heavy atom. The summed E-state index contributed by atoms with van der Waals surface area (Å²) in [5.74, 6) is 0.943. The normalized spacial score (nSPS) is 15.0. The third-order valence-corrected chi connectivity index (χ3v) is 5.03. The lowest BCUT2D eigenvalue weighted by Crippen LogP contribution is -2.30. The fourth-order valence-electron chi connectivity index (χ4n) is 2.71. The van der Waals surface area contributed by atoms with Crippen molar-refractivity contribution in [2.24, 2.45) is 0 Å². The Hall–Kier alpha value is -1.44. The van der Waals surface area contributed by atoms with Crippen molar-refractivity contribution >= 4 is 33.3 Å². The summed E-state index contributed by atoms with van der Waals surface area (Å²) in [6.45, 7) is 2.03. The van der Waals surface area contributed by atoms with E-state index in [-0.39, 0.29) is 0 Å². The van der Waals surface area contributed by atoms with Gasteiger partial charge in [-0.25, -0.2) is 0 Å². The number of hydrogen-bond donors (Lipinski definition) is 1. The molecule has 1 fully saturated rings. The number of benzene rings is 1. The highest BCUT2D eigenvalue weighted by Gasteiger charge is 2.18. The van der Waals surface area contributed by atoms with Gasteiger partial charge in [0.05, 0.1) is 10.6 Å². The van der Waals surface area contributed by atoms with E-state index in [4.69, 9.17) is 11.6 Å². The number of halogens is 2. The molecule has 0 unspecified atom stereocenters. The van der Waals surface area contributed by atoms with Crippen LogP contribution in [0, 0.1) is 11.3 Å². The Labute approximate surface area is 137 Å². The number of aromatic nitrogens is 1. The lowest BCUT2D eigenvalue weighted by atomic mass is 10.1. The van der Waals surface area contributed by atoms with Gasteiger partial charge in [0.2, 0.25) is 0 Å². The summed E-state index contributed by atoms with van der Waals surface area (Å²) in [5, 5.41) is 10.1. The van der Waals surface area contributed by atoms with Gasteiger partial charge in [0.1, 0.15) is 11.9 Å². The average Bonchev–Trinajstić information content (AvgIpc) is 2.95. The predicted molar refractivity (Wildman–Crippen MR) is 89.7 cm³/mol. The molecular formula is C16H15BrClN3. The molecular weight excluding hydrogens is 350 g/mol. The number of H-pyrrole nitrogens is 1. The predicted octanol–water partition coefficient (Wildman–Crippen LogP) is 4.96. The van der Waals surface area contributed by atoms with Gasteiger partial charge in [-0.1, -0.05) is 17.7 Å². The third kappa shape index (κ3) is 2.95. The maximum absolute atomic E-state index is 9.38. The summed E-state index contributed by atoms with van der Waals surface area (Å²) in [4.78, 5) is 5.68. The zero-order valence-corrected chi connectivity index (χ0v) is 13.8. The molecule has 0 aliphatic carbocycles. The van der Waals surface area contributed by atoms with E-state index in [1.54, 1.807) is 0 Å². The summed E-state index contributed by atoms with van der Waals surface area (Å²) in [6, 6.07) is 10.00. The standard InChI is InChI=1S/C16H15BrClN3/c17-13-8-11(4-5-14(13)18)15-9-12(10-19)16(20-15)21-6-2-1-3-7-21/h4-5,8-9,20H,1-3,6-7H2. The van der Waals surface area contributed by atoms with E-state index in [1.165, 1.54) is 19.3 Å². The van der Waals surface area contributed by atoms with Gasteiger partial charge >= 0.3 is 0 Å². The van der Waals surface area contributed by atoms with E-state index >= 15 is 0 Å². The zero-order valence-electron chi connectivity index (χ0n) is 11.5. The fourth-order valence-corrected chi connectivity index (χ4v) is 3.21. The van der Waals surface area contributed by atoms with Crippen molar-refractivity contribution in [3.8, 4) is 17.3 Å². The smallest absolute Gasteiger partial charge is 0.124 e. The first-order chi connectivity index (χ1) is 10.2. The van der Waals surface area contributed by atoms with E-state index in [1.807, 2.05) is 24.3 Å². The van der Waals surface area contributed by atoms with Crippen LogP contribution in [-0.2, 0) is 0 Å². The molecule has 0 saturated carbocycles. The Morgan fingerprint density at radius 1 is 1.19 bits per heavy atom. The molecule has 0 radical (unpaired) electrons. The Kier molecular flexibility index (Phi) is 4.23. The number of nitriles is 1. The van der Waals surface area contributed by atoms with Gasteiger partial charge in [0.25, 0.3) is 0 Å². The molecule has 2 heterocycles. The number of rotatable bonds is 2. The molecule has 1 aliphatic heterocycles. The van der Waals surface area contributed by atoms with E-state index < -0.39 is 0 Å². The van der Waals surface area contributed by atoms with Gasteiger partial charge in [0.15, 0.2) is 0 Å². The van der Waals surface area contributed by atoms with Gasteiger partial charge in [-0.05, 0) is 59.0 Å². The third-order valence-electron chi connectivity index (χ3n) is 3.82. The number of hydrogen-bond acceptors (Lipinski definition) is 2. The van der Waals surface area contributed by atoms with Crippen LogP contribution in [0.5, 0.6) is 0 Å². The summed E-state index contributed by atoms with van der Waals surface area (Å²) in [5.41, 5.74) is 2.67. The lowest BCUT2D eigenvalue weighted by molar-refractivity contribution is 0.574. The summed E-state index contributed by atoms with van der Waals surface area (Å²) < 4.78 is 0.856. The number of piperidine rings is 1. The monoisotopic (exact) mass is 363 g/mol.